The fraction of sp³-hybridized carbons (Fsp3) is 0.562. The average molecular weight is 340 g/mol. The molecule has 0 atom stereocenters. The summed E-state index contributed by atoms with van der Waals surface area (Å²) in [6, 6.07) is 4.59. The van der Waals surface area contributed by atoms with E-state index in [1.54, 1.807) is 19.2 Å². The van der Waals surface area contributed by atoms with Crippen LogP contribution >= 0.6 is 0 Å². The number of methoxy groups -OCH3 is 1. The summed E-state index contributed by atoms with van der Waals surface area (Å²) in [5, 5.41) is 22.6. The van der Waals surface area contributed by atoms with Crippen molar-refractivity contribution >= 4 is 17.3 Å². The third-order valence-corrected chi connectivity index (χ3v) is 3.31. The van der Waals surface area contributed by atoms with Crippen LogP contribution in [-0.2, 0) is 9.53 Å². The van der Waals surface area contributed by atoms with Gasteiger partial charge in [0.1, 0.15) is 11.4 Å². The van der Waals surface area contributed by atoms with Gasteiger partial charge in [-0.2, -0.15) is 0 Å². The first-order valence-corrected chi connectivity index (χ1v) is 7.90. The van der Waals surface area contributed by atoms with Gasteiger partial charge in [-0.3, -0.25) is 14.9 Å². The number of carboxylic acids is 1. The fourth-order valence-corrected chi connectivity index (χ4v) is 2.09. The number of aliphatic carboxylic acids is 1. The Labute approximate surface area is 140 Å². The predicted molar refractivity (Wildman–Crippen MR) is 89.7 cm³/mol. The molecule has 1 rings (SSSR count). The minimum Gasteiger partial charge on any atom is -0.494 e. The normalized spacial score (nSPS) is 10.4. The summed E-state index contributed by atoms with van der Waals surface area (Å²) in [7, 11) is 1.60. The van der Waals surface area contributed by atoms with Crippen LogP contribution in [0.2, 0.25) is 0 Å². The molecule has 0 aliphatic rings. The number of unbranched alkanes of at least 4 members (excludes halogenated alkanes) is 2. The number of nitro benzene ring substituents is 1. The van der Waals surface area contributed by atoms with Gasteiger partial charge >= 0.3 is 5.97 Å². The lowest BCUT2D eigenvalue weighted by atomic mass is 10.2. The molecule has 0 unspecified atom stereocenters. The summed E-state index contributed by atoms with van der Waals surface area (Å²) in [4.78, 5) is 21.0. The molecule has 0 heterocycles. The molecule has 0 saturated heterocycles. The Morgan fingerprint density at radius 2 is 2.04 bits per heavy atom. The van der Waals surface area contributed by atoms with Crippen molar-refractivity contribution in [3.63, 3.8) is 0 Å². The molecule has 0 aromatic heterocycles. The highest BCUT2D eigenvalue weighted by Crippen LogP contribution is 2.29. The van der Waals surface area contributed by atoms with Gasteiger partial charge in [0.15, 0.2) is 0 Å². The Bertz CT molecular complexity index is 535. The molecule has 0 fully saturated rings. The number of carboxylic acid groups (broad SMARTS) is 1. The summed E-state index contributed by atoms with van der Waals surface area (Å²) in [5.41, 5.74) is 0.417. The van der Waals surface area contributed by atoms with Gasteiger partial charge in [0, 0.05) is 38.8 Å². The number of carbonyl (C=O) groups is 1. The smallest absolute Gasteiger partial charge is 0.303 e. The zero-order valence-corrected chi connectivity index (χ0v) is 13.8. The van der Waals surface area contributed by atoms with Crippen molar-refractivity contribution in [3.05, 3.63) is 28.3 Å². The number of hydrogen-bond acceptors (Lipinski definition) is 6. The van der Waals surface area contributed by atoms with Crippen molar-refractivity contribution in [2.24, 2.45) is 0 Å². The van der Waals surface area contributed by atoms with Crippen LogP contribution in [0.15, 0.2) is 18.2 Å². The van der Waals surface area contributed by atoms with Crippen LogP contribution < -0.4 is 10.1 Å². The van der Waals surface area contributed by atoms with E-state index in [1.807, 2.05) is 0 Å². The van der Waals surface area contributed by atoms with Crippen molar-refractivity contribution in [2.75, 3.05) is 32.2 Å². The van der Waals surface area contributed by atoms with E-state index in [0.717, 1.165) is 19.3 Å². The monoisotopic (exact) mass is 340 g/mol. The number of nitrogens with zero attached hydrogens (tertiary/aromatic N) is 1. The molecule has 0 saturated carbocycles. The van der Waals surface area contributed by atoms with Gasteiger partial charge in [-0.15, -0.1) is 0 Å². The second-order valence-corrected chi connectivity index (χ2v) is 5.26. The molecule has 0 aliphatic carbocycles. The number of hydrogen-bond donors (Lipinski definition) is 2. The maximum absolute atomic E-state index is 11.1. The summed E-state index contributed by atoms with van der Waals surface area (Å²) < 4.78 is 10.5. The Hall–Kier alpha value is -2.35. The largest absolute Gasteiger partial charge is 0.494 e. The van der Waals surface area contributed by atoms with E-state index in [4.69, 9.17) is 14.6 Å². The molecule has 0 amide bonds. The summed E-state index contributed by atoms with van der Waals surface area (Å²) in [5.74, 6) is -0.247. The van der Waals surface area contributed by atoms with Gasteiger partial charge in [-0.05, 0) is 31.7 Å². The van der Waals surface area contributed by atoms with Crippen LogP contribution in [0.1, 0.15) is 32.1 Å². The fourth-order valence-electron chi connectivity index (χ4n) is 2.09. The summed E-state index contributed by atoms with van der Waals surface area (Å²) in [6.07, 6.45) is 3.02. The molecule has 0 aliphatic heterocycles. The van der Waals surface area contributed by atoms with Gasteiger partial charge < -0.3 is 19.9 Å². The highest BCUT2D eigenvalue weighted by Gasteiger charge is 2.14. The minimum atomic E-state index is -0.796. The molecule has 8 heteroatoms. The Morgan fingerprint density at radius 3 is 2.71 bits per heavy atom. The molecule has 8 nitrogen and oxygen atoms in total. The first-order chi connectivity index (χ1) is 11.5. The molecule has 134 valence electrons. The van der Waals surface area contributed by atoms with E-state index in [0.29, 0.717) is 37.6 Å². The van der Waals surface area contributed by atoms with Crippen LogP contribution in [0.3, 0.4) is 0 Å². The van der Waals surface area contributed by atoms with Crippen LogP contribution in [0, 0.1) is 10.1 Å². The summed E-state index contributed by atoms with van der Waals surface area (Å²) >= 11 is 0. The van der Waals surface area contributed by atoms with Crippen LogP contribution in [-0.4, -0.2) is 42.9 Å². The zero-order chi connectivity index (χ0) is 17.8. The van der Waals surface area contributed by atoms with Gasteiger partial charge in [0.2, 0.25) is 0 Å². The van der Waals surface area contributed by atoms with E-state index in [1.165, 1.54) is 6.07 Å². The first kappa shape index (κ1) is 19.7. The van der Waals surface area contributed by atoms with E-state index in [2.05, 4.69) is 5.32 Å². The minimum absolute atomic E-state index is 0.00113. The third-order valence-electron chi connectivity index (χ3n) is 3.31. The standard InChI is InChI=1S/C16H24N2O6/c1-23-10-5-9-17-14-12-13(7-8-15(14)18(21)22)24-11-4-2-3-6-16(19)20/h7-8,12,17H,2-6,9-11H2,1H3,(H,19,20). The van der Waals surface area contributed by atoms with Crippen molar-refractivity contribution in [1.82, 2.24) is 0 Å². The van der Waals surface area contributed by atoms with E-state index in [9.17, 15) is 14.9 Å². The number of benzene rings is 1. The van der Waals surface area contributed by atoms with Gasteiger partial charge in [0.05, 0.1) is 11.5 Å². The van der Waals surface area contributed by atoms with Crippen molar-refractivity contribution in [3.8, 4) is 5.75 Å². The van der Waals surface area contributed by atoms with Crippen molar-refractivity contribution < 1.29 is 24.3 Å². The molecule has 0 radical (unpaired) electrons. The second-order valence-electron chi connectivity index (χ2n) is 5.26. The van der Waals surface area contributed by atoms with E-state index >= 15 is 0 Å². The lowest BCUT2D eigenvalue weighted by Crippen LogP contribution is -2.07. The molecule has 0 spiro atoms. The number of ether oxygens (including phenoxy) is 2. The van der Waals surface area contributed by atoms with Crippen molar-refractivity contribution in [1.29, 1.82) is 0 Å². The van der Waals surface area contributed by atoms with Crippen LogP contribution in [0.4, 0.5) is 11.4 Å². The molecule has 2 N–H and O–H groups in total. The van der Waals surface area contributed by atoms with E-state index < -0.39 is 10.9 Å². The number of nitro groups is 1. The molecule has 1 aromatic rings. The second kappa shape index (κ2) is 11.2. The van der Waals surface area contributed by atoms with Crippen molar-refractivity contribution in [2.45, 2.75) is 32.1 Å². The third kappa shape index (κ3) is 7.77. The zero-order valence-electron chi connectivity index (χ0n) is 13.8. The van der Waals surface area contributed by atoms with Gasteiger partial charge in [0.25, 0.3) is 5.69 Å². The molecular formula is C16H24N2O6. The van der Waals surface area contributed by atoms with Crippen LogP contribution in [0.5, 0.6) is 5.75 Å². The average Bonchev–Trinajstić information content (AvgIpc) is 2.54. The maximum atomic E-state index is 11.1. The number of rotatable bonds is 13. The molecule has 0 bridgehead atoms. The quantitative estimate of drug-likeness (QED) is 0.322. The van der Waals surface area contributed by atoms with E-state index in [-0.39, 0.29) is 12.1 Å². The van der Waals surface area contributed by atoms with Gasteiger partial charge in [-0.1, -0.05) is 0 Å². The highest BCUT2D eigenvalue weighted by molar-refractivity contribution is 5.66. The first-order valence-electron chi connectivity index (χ1n) is 7.90. The lowest BCUT2D eigenvalue weighted by molar-refractivity contribution is -0.384. The molecular weight excluding hydrogens is 316 g/mol. The lowest BCUT2D eigenvalue weighted by Gasteiger charge is -2.10. The topological polar surface area (TPSA) is 111 Å². The Morgan fingerprint density at radius 1 is 1.25 bits per heavy atom. The SMILES string of the molecule is COCCCNc1cc(OCCCCCC(=O)O)ccc1[N+](=O)[O-]. The van der Waals surface area contributed by atoms with Crippen LogP contribution in [0.25, 0.3) is 0 Å². The predicted octanol–water partition coefficient (Wildman–Crippen LogP) is 3.07. The Kier molecular flexibility index (Phi) is 9.21. The number of nitrogens with one attached hydrogen (secondary N) is 1. The molecule has 24 heavy (non-hydrogen) atoms. The molecule has 1 aromatic carbocycles. The van der Waals surface area contributed by atoms with Gasteiger partial charge in [-0.25, -0.2) is 0 Å². The summed E-state index contributed by atoms with van der Waals surface area (Å²) in [6.45, 7) is 1.58. The highest BCUT2D eigenvalue weighted by atomic mass is 16.6. The Balaban J connectivity index is 2.49. The maximum Gasteiger partial charge on any atom is 0.303 e. The number of anilines is 1.